The van der Waals surface area contributed by atoms with E-state index in [1.54, 1.807) is 11.3 Å². The van der Waals surface area contributed by atoms with E-state index >= 15 is 0 Å². The van der Waals surface area contributed by atoms with Gasteiger partial charge in [0.05, 0.1) is 11.9 Å². The third kappa shape index (κ3) is 2.55. The number of fused-ring (bicyclic) bond motifs is 1. The zero-order valence-corrected chi connectivity index (χ0v) is 13.3. The second-order valence-corrected chi connectivity index (χ2v) is 7.03. The number of thiophene rings is 1. The standard InChI is InChI=1S/C14H18ClN3OS/c1-8-9(2)20-14-12(8)13(15)16-11(17-14)6-18-4-3-10(5-18)7-19/h10,19H,3-7H2,1-2H3. The summed E-state index contributed by atoms with van der Waals surface area (Å²) < 4.78 is 0. The van der Waals surface area contributed by atoms with Crippen molar-refractivity contribution in [3.63, 3.8) is 0 Å². The Morgan fingerprint density at radius 2 is 2.20 bits per heavy atom. The first-order valence-corrected chi connectivity index (χ1v) is 8.03. The highest BCUT2D eigenvalue weighted by molar-refractivity contribution is 7.18. The number of nitrogens with zero attached hydrogens (tertiary/aromatic N) is 3. The molecule has 0 radical (unpaired) electrons. The molecule has 4 nitrogen and oxygen atoms in total. The third-order valence-corrected chi connectivity index (χ3v) is 5.40. The predicted octanol–water partition coefficient (Wildman–Crippen LogP) is 2.78. The SMILES string of the molecule is Cc1sc2nc(CN3CCC(CO)C3)nc(Cl)c2c1C. The minimum absolute atomic E-state index is 0.264. The van der Waals surface area contributed by atoms with Crippen molar-refractivity contribution in [3.8, 4) is 0 Å². The Hall–Kier alpha value is -0.750. The minimum Gasteiger partial charge on any atom is -0.396 e. The Kier molecular flexibility index (Phi) is 3.95. The maximum atomic E-state index is 9.19. The monoisotopic (exact) mass is 311 g/mol. The van der Waals surface area contributed by atoms with Gasteiger partial charge in [0, 0.05) is 18.0 Å². The van der Waals surface area contributed by atoms with Gasteiger partial charge in [0.2, 0.25) is 0 Å². The number of aliphatic hydroxyl groups is 1. The van der Waals surface area contributed by atoms with Crippen LogP contribution >= 0.6 is 22.9 Å². The summed E-state index contributed by atoms with van der Waals surface area (Å²) in [5, 5.41) is 10.7. The van der Waals surface area contributed by atoms with E-state index in [0.717, 1.165) is 35.6 Å². The van der Waals surface area contributed by atoms with E-state index in [9.17, 15) is 5.11 Å². The molecule has 1 unspecified atom stereocenters. The van der Waals surface area contributed by atoms with Crippen molar-refractivity contribution in [1.29, 1.82) is 0 Å². The summed E-state index contributed by atoms with van der Waals surface area (Å²) >= 11 is 8.00. The zero-order chi connectivity index (χ0) is 14.3. The fourth-order valence-corrected chi connectivity index (χ4v) is 4.15. The molecule has 0 aromatic carbocycles. The lowest BCUT2D eigenvalue weighted by Gasteiger charge is -2.14. The van der Waals surface area contributed by atoms with E-state index in [0.29, 0.717) is 17.6 Å². The molecule has 3 heterocycles. The summed E-state index contributed by atoms with van der Waals surface area (Å²) in [5.41, 5.74) is 1.18. The molecule has 0 amide bonds. The van der Waals surface area contributed by atoms with Crippen molar-refractivity contribution in [2.45, 2.75) is 26.8 Å². The van der Waals surface area contributed by atoms with Gasteiger partial charge in [-0.2, -0.15) is 0 Å². The van der Waals surface area contributed by atoms with Crippen LogP contribution in [0, 0.1) is 19.8 Å². The van der Waals surface area contributed by atoms with Crippen LogP contribution in [0.3, 0.4) is 0 Å². The molecular formula is C14H18ClN3OS. The van der Waals surface area contributed by atoms with Gasteiger partial charge >= 0.3 is 0 Å². The number of likely N-dealkylation sites (tertiary alicyclic amines) is 1. The fourth-order valence-electron chi connectivity index (χ4n) is 2.72. The van der Waals surface area contributed by atoms with Gasteiger partial charge in [-0.05, 0) is 38.3 Å². The molecular weight excluding hydrogens is 294 g/mol. The maximum Gasteiger partial charge on any atom is 0.145 e. The van der Waals surface area contributed by atoms with Crippen LogP contribution in [0.1, 0.15) is 22.7 Å². The number of aryl methyl sites for hydroxylation is 2. The lowest BCUT2D eigenvalue weighted by Crippen LogP contribution is -2.22. The highest BCUT2D eigenvalue weighted by atomic mass is 35.5. The molecule has 1 fully saturated rings. The van der Waals surface area contributed by atoms with Gasteiger partial charge in [0.15, 0.2) is 0 Å². The number of rotatable bonds is 3. The zero-order valence-electron chi connectivity index (χ0n) is 11.7. The van der Waals surface area contributed by atoms with Crippen molar-refractivity contribution >= 4 is 33.2 Å². The number of hydrogen-bond donors (Lipinski definition) is 1. The van der Waals surface area contributed by atoms with Crippen molar-refractivity contribution in [1.82, 2.24) is 14.9 Å². The van der Waals surface area contributed by atoms with Gasteiger partial charge in [0.25, 0.3) is 0 Å². The van der Waals surface area contributed by atoms with Crippen LogP contribution in [-0.4, -0.2) is 39.7 Å². The lowest BCUT2D eigenvalue weighted by atomic mass is 10.1. The summed E-state index contributed by atoms with van der Waals surface area (Å²) in [6.45, 7) is 7.03. The first-order valence-electron chi connectivity index (χ1n) is 6.83. The molecule has 2 aromatic rings. The number of aliphatic hydroxyl groups excluding tert-OH is 1. The minimum atomic E-state index is 0.264. The van der Waals surface area contributed by atoms with Gasteiger partial charge in [-0.25, -0.2) is 9.97 Å². The fraction of sp³-hybridized carbons (Fsp3) is 0.571. The van der Waals surface area contributed by atoms with Crippen LogP contribution in [0.2, 0.25) is 5.15 Å². The summed E-state index contributed by atoms with van der Waals surface area (Å²) in [7, 11) is 0. The van der Waals surface area contributed by atoms with Crippen LogP contribution in [0.15, 0.2) is 0 Å². The third-order valence-electron chi connectivity index (χ3n) is 4.02. The van der Waals surface area contributed by atoms with Gasteiger partial charge in [-0.1, -0.05) is 11.6 Å². The summed E-state index contributed by atoms with van der Waals surface area (Å²) in [5.74, 6) is 1.17. The van der Waals surface area contributed by atoms with Crippen molar-refractivity contribution in [3.05, 3.63) is 21.4 Å². The second kappa shape index (κ2) is 5.56. The normalized spacial score (nSPS) is 20.1. The molecule has 1 atom stereocenters. The topological polar surface area (TPSA) is 49.2 Å². The Labute approximate surface area is 127 Å². The van der Waals surface area contributed by atoms with Gasteiger partial charge in [-0.3, -0.25) is 4.90 Å². The first kappa shape index (κ1) is 14.2. The van der Waals surface area contributed by atoms with E-state index < -0.39 is 0 Å². The smallest absolute Gasteiger partial charge is 0.145 e. The largest absolute Gasteiger partial charge is 0.396 e. The molecule has 1 aliphatic rings. The van der Waals surface area contributed by atoms with Crippen molar-refractivity contribution < 1.29 is 5.11 Å². The van der Waals surface area contributed by atoms with E-state index in [-0.39, 0.29) is 6.61 Å². The van der Waals surface area contributed by atoms with Crippen molar-refractivity contribution in [2.75, 3.05) is 19.7 Å². The van der Waals surface area contributed by atoms with E-state index in [1.807, 2.05) is 0 Å². The van der Waals surface area contributed by atoms with Crippen LogP contribution in [0.25, 0.3) is 10.2 Å². The Morgan fingerprint density at radius 3 is 2.90 bits per heavy atom. The summed E-state index contributed by atoms with van der Waals surface area (Å²) in [6.07, 6.45) is 1.05. The highest BCUT2D eigenvalue weighted by Crippen LogP contribution is 2.33. The van der Waals surface area contributed by atoms with Crippen LogP contribution in [0.5, 0.6) is 0 Å². The first-order chi connectivity index (χ1) is 9.58. The molecule has 0 bridgehead atoms. The van der Waals surface area contributed by atoms with E-state index in [1.165, 1.54) is 10.4 Å². The Balaban J connectivity index is 1.86. The molecule has 1 aliphatic heterocycles. The average molecular weight is 312 g/mol. The van der Waals surface area contributed by atoms with E-state index in [4.69, 9.17) is 11.6 Å². The average Bonchev–Trinajstić information content (AvgIpc) is 2.95. The molecule has 3 rings (SSSR count). The number of hydrogen-bond acceptors (Lipinski definition) is 5. The predicted molar refractivity (Wildman–Crippen MR) is 82.4 cm³/mol. The second-order valence-electron chi connectivity index (χ2n) is 5.47. The lowest BCUT2D eigenvalue weighted by molar-refractivity contribution is 0.219. The van der Waals surface area contributed by atoms with Gasteiger partial charge in [-0.15, -0.1) is 11.3 Å². The molecule has 0 aliphatic carbocycles. The van der Waals surface area contributed by atoms with Crippen molar-refractivity contribution in [2.24, 2.45) is 5.92 Å². The Morgan fingerprint density at radius 1 is 1.40 bits per heavy atom. The highest BCUT2D eigenvalue weighted by Gasteiger charge is 2.23. The van der Waals surface area contributed by atoms with Gasteiger partial charge in [0.1, 0.15) is 15.8 Å². The molecule has 6 heteroatoms. The molecule has 0 spiro atoms. The van der Waals surface area contributed by atoms with E-state index in [2.05, 4.69) is 28.7 Å². The van der Waals surface area contributed by atoms with Gasteiger partial charge < -0.3 is 5.11 Å². The molecule has 1 saturated heterocycles. The molecule has 108 valence electrons. The van der Waals surface area contributed by atoms with Crippen LogP contribution in [-0.2, 0) is 6.54 Å². The quantitative estimate of drug-likeness (QED) is 0.886. The number of aromatic nitrogens is 2. The molecule has 2 aromatic heterocycles. The van der Waals surface area contributed by atoms with Crippen LogP contribution < -0.4 is 0 Å². The molecule has 20 heavy (non-hydrogen) atoms. The Bertz CT molecular complexity index is 643. The summed E-state index contributed by atoms with van der Waals surface area (Å²) in [6, 6.07) is 0. The van der Waals surface area contributed by atoms with Crippen LogP contribution in [0.4, 0.5) is 0 Å². The maximum absolute atomic E-state index is 9.19. The molecule has 0 saturated carbocycles. The number of halogens is 1. The molecule has 1 N–H and O–H groups in total. The summed E-state index contributed by atoms with van der Waals surface area (Å²) in [4.78, 5) is 13.6.